The minimum absolute atomic E-state index is 0.0306. The second-order valence-corrected chi connectivity index (χ2v) is 8.67. The van der Waals surface area contributed by atoms with Gasteiger partial charge in [0.15, 0.2) is 6.10 Å². The van der Waals surface area contributed by atoms with Crippen molar-refractivity contribution in [1.82, 2.24) is 9.21 Å². The van der Waals surface area contributed by atoms with E-state index in [1.807, 2.05) is 0 Å². The van der Waals surface area contributed by atoms with Gasteiger partial charge in [0.2, 0.25) is 10.0 Å². The molecule has 0 saturated carbocycles. The molecule has 1 amide bonds. The lowest BCUT2D eigenvalue weighted by Crippen LogP contribution is -2.53. The molecule has 1 aliphatic heterocycles. The first-order chi connectivity index (χ1) is 14.2. The number of nitro benzene ring substituents is 1. The van der Waals surface area contributed by atoms with Crippen molar-refractivity contribution in [3.63, 3.8) is 0 Å². The van der Waals surface area contributed by atoms with Crippen molar-refractivity contribution in [2.24, 2.45) is 0 Å². The number of nitro groups is 1. The van der Waals surface area contributed by atoms with Crippen molar-refractivity contribution >= 4 is 21.6 Å². The van der Waals surface area contributed by atoms with Crippen molar-refractivity contribution in [3.05, 3.63) is 58.6 Å². The molecule has 2 aromatic rings. The van der Waals surface area contributed by atoms with Gasteiger partial charge in [-0.05, 0) is 43.3 Å². The van der Waals surface area contributed by atoms with Crippen LogP contribution in [0.1, 0.15) is 6.92 Å². The highest BCUT2D eigenvalue weighted by atomic mass is 32.2. The molecule has 1 atom stereocenters. The van der Waals surface area contributed by atoms with Crippen LogP contribution in [0.3, 0.4) is 0 Å². The Bertz CT molecular complexity index is 1020. The van der Waals surface area contributed by atoms with Gasteiger partial charge in [-0.15, -0.1) is 0 Å². The average Bonchev–Trinajstić information content (AvgIpc) is 2.75. The molecule has 10 nitrogen and oxygen atoms in total. The maximum Gasteiger partial charge on any atom is 0.269 e. The van der Waals surface area contributed by atoms with E-state index in [1.54, 1.807) is 19.1 Å². The number of phenolic OH excluding ortho intramolecular Hbond substituents is 1. The highest BCUT2D eigenvalue weighted by Gasteiger charge is 2.32. The van der Waals surface area contributed by atoms with Crippen LogP contribution >= 0.6 is 0 Å². The Morgan fingerprint density at radius 2 is 1.63 bits per heavy atom. The van der Waals surface area contributed by atoms with E-state index in [9.17, 15) is 28.4 Å². The first-order valence-corrected chi connectivity index (χ1v) is 10.6. The number of amides is 1. The molecule has 1 heterocycles. The molecule has 0 aromatic heterocycles. The molecule has 0 aliphatic carbocycles. The molecular weight excluding hydrogens is 414 g/mol. The SMILES string of the molecule is CC(Oc1ccc(O)cc1)C(=O)N1CCN(S(=O)(=O)c2ccc([N+](=O)[O-])cc2)CC1. The van der Waals surface area contributed by atoms with Crippen LogP contribution in [0.4, 0.5) is 5.69 Å². The van der Waals surface area contributed by atoms with Crippen molar-refractivity contribution in [2.45, 2.75) is 17.9 Å². The van der Waals surface area contributed by atoms with Crippen molar-refractivity contribution in [1.29, 1.82) is 0 Å². The Kier molecular flexibility index (Phi) is 6.22. The third kappa shape index (κ3) is 4.69. The van der Waals surface area contributed by atoms with Crippen LogP contribution in [-0.2, 0) is 14.8 Å². The fraction of sp³-hybridized carbons (Fsp3) is 0.316. The van der Waals surface area contributed by atoms with Crippen LogP contribution in [0.5, 0.6) is 11.5 Å². The average molecular weight is 435 g/mol. The Hall–Kier alpha value is -3.18. The number of hydrogen-bond donors (Lipinski definition) is 1. The van der Waals surface area contributed by atoms with Gasteiger partial charge in [-0.3, -0.25) is 14.9 Å². The van der Waals surface area contributed by atoms with Gasteiger partial charge in [0.25, 0.3) is 11.6 Å². The van der Waals surface area contributed by atoms with E-state index in [0.717, 1.165) is 12.1 Å². The van der Waals surface area contributed by atoms with Crippen LogP contribution in [0.15, 0.2) is 53.4 Å². The molecule has 1 unspecified atom stereocenters. The number of sulfonamides is 1. The molecule has 0 radical (unpaired) electrons. The van der Waals surface area contributed by atoms with Gasteiger partial charge in [-0.25, -0.2) is 8.42 Å². The first-order valence-electron chi connectivity index (χ1n) is 9.17. The quantitative estimate of drug-likeness (QED) is 0.539. The fourth-order valence-electron chi connectivity index (χ4n) is 3.07. The zero-order valence-electron chi connectivity index (χ0n) is 16.2. The highest BCUT2D eigenvalue weighted by Crippen LogP contribution is 2.22. The van der Waals surface area contributed by atoms with Crippen molar-refractivity contribution in [3.8, 4) is 11.5 Å². The van der Waals surface area contributed by atoms with E-state index in [2.05, 4.69) is 0 Å². The summed E-state index contributed by atoms with van der Waals surface area (Å²) >= 11 is 0. The van der Waals surface area contributed by atoms with Gasteiger partial charge >= 0.3 is 0 Å². The minimum Gasteiger partial charge on any atom is -0.508 e. The predicted octanol–water partition coefficient (Wildman–Crippen LogP) is 1.60. The Balaban J connectivity index is 1.59. The van der Waals surface area contributed by atoms with Gasteiger partial charge in [0.05, 0.1) is 9.82 Å². The lowest BCUT2D eigenvalue weighted by molar-refractivity contribution is -0.384. The minimum atomic E-state index is -3.81. The van der Waals surface area contributed by atoms with E-state index >= 15 is 0 Å². The van der Waals surface area contributed by atoms with E-state index in [4.69, 9.17) is 4.74 Å². The zero-order chi connectivity index (χ0) is 21.9. The number of phenols is 1. The molecule has 1 N–H and O–H groups in total. The molecule has 2 aromatic carbocycles. The third-order valence-corrected chi connectivity index (χ3v) is 6.65. The molecule has 11 heteroatoms. The van der Waals surface area contributed by atoms with E-state index < -0.39 is 21.1 Å². The molecular formula is C19H21N3O7S. The lowest BCUT2D eigenvalue weighted by Gasteiger charge is -2.35. The van der Waals surface area contributed by atoms with Gasteiger partial charge in [-0.2, -0.15) is 4.31 Å². The summed E-state index contributed by atoms with van der Waals surface area (Å²) in [5, 5.41) is 20.0. The normalized spacial score (nSPS) is 16.1. The molecule has 160 valence electrons. The molecule has 3 rings (SSSR count). The summed E-state index contributed by atoms with van der Waals surface area (Å²) in [7, 11) is -3.81. The summed E-state index contributed by atoms with van der Waals surface area (Å²) in [5.41, 5.74) is -0.188. The molecule has 1 aliphatic rings. The smallest absolute Gasteiger partial charge is 0.269 e. The highest BCUT2D eigenvalue weighted by molar-refractivity contribution is 7.89. The number of nitrogens with zero attached hydrogens (tertiary/aromatic N) is 3. The number of piperazine rings is 1. The van der Waals surface area contributed by atoms with E-state index in [-0.39, 0.29) is 48.4 Å². The van der Waals surface area contributed by atoms with Crippen LogP contribution in [0.2, 0.25) is 0 Å². The summed E-state index contributed by atoms with van der Waals surface area (Å²) < 4.78 is 32.4. The second-order valence-electron chi connectivity index (χ2n) is 6.73. The number of carbonyl (C=O) groups excluding carboxylic acids is 1. The number of rotatable bonds is 6. The van der Waals surface area contributed by atoms with Crippen LogP contribution in [0, 0.1) is 10.1 Å². The van der Waals surface area contributed by atoms with Gasteiger partial charge in [0, 0.05) is 38.3 Å². The number of benzene rings is 2. The topological polar surface area (TPSA) is 130 Å². The number of non-ortho nitro benzene ring substituents is 1. The number of carbonyl (C=O) groups is 1. The van der Waals surface area contributed by atoms with Gasteiger partial charge < -0.3 is 14.7 Å². The van der Waals surface area contributed by atoms with Crippen molar-refractivity contribution < 1.29 is 28.0 Å². The van der Waals surface area contributed by atoms with Crippen LogP contribution in [-0.4, -0.2) is 65.8 Å². The summed E-state index contributed by atoms with van der Waals surface area (Å²) in [6.07, 6.45) is -0.771. The molecule has 0 spiro atoms. The van der Waals surface area contributed by atoms with Gasteiger partial charge in [0.1, 0.15) is 11.5 Å². The number of hydrogen-bond acceptors (Lipinski definition) is 7. The molecule has 0 bridgehead atoms. The van der Waals surface area contributed by atoms with Crippen molar-refractivity contribution in [2.75, 3.05) is 26.2 Å². The Labute approximate surface area is 173 Å². The summed E-state index contributed by atoms with van der Waals surface area (Å²) in [6.45, 7) is 2.23. The monoisotopic (exact) mass is 435 g/mol. The zero-order valence-corrected chi connectivity index (χ0v) is 17.0. The Morgan fingerprint density at radius 3 is 2.17 bits per heavy atom. The van der Waals surface area contributed by atoms with Gasteiger partial charge in [-0.1, -0.05) is 0 Å². The maximum atomic E-state index is 12.8. The largest absolute Gasteiger partial charge is 0.508 e. The first kappa shape index (κ1) is 21.5. The van der Waals surface area contributed by atoms with E-state index in [0.29, 0.717) is 5.75 Å². The molecule has 1 saturated heterocycles. The molecule has 1 fully saturated rings. The van der Waals surface area contributed by atoms with Crippen LogP contribution < -0.4 is 4.74 Å². The molecule has 30 heavy (non-hydrogen) atoms. The standard InChI is InChI=1S/C19H21N3O7S/c1-14(29-17-6-4-16(23)5-7-17)19(24)20-10-12-21(13-11-20)30(27,28)18-8-2-15(3-9-18)22(25)26/h2-9,14,23H,10-13H2,1H3. The maximum absolute atomic E-state index is 12.8. The lowest BCUT2D eigenvalue weighted by atomic mass is 10.2. The second kappa shape index (κ2) is 8.67. The number of ether oxygens (including phenoxy) is 1. The summed E-state index contributed by atoms with van der Waals surface area (Å²) in [6, 6.07) is 10.7. The van der Waals surface area contributed by atoms with E-state index in [1.165, 1.54) is 33.5 Å². The Morgan fingerprint density at radius 1 is 1.07 bits per heavy atom. The number of aromatic hydroxyl groups is 1. The van der Waals surface area contributed by atoms with Crippen LogP contribution in [0.25, 0.3) is 0 Å². The fourth-order valence-corrected chi connectivity index (χ4v) is 4.50. The summed E-state index contributed by atoms with van der Waals surface area (Å²) in [5.74, 6) is 0.259. The predicted molar refractivity (Wildman–Crippen MR) is 107 cm³/mol. The summed E-state index contributed by atoms with van der Waals surface area (Å²) in [4.78, 5) is 24.3. The third-order valence-electron chi connectivity index (χ3n) is 4.73.